The third kappa shape index (κ3) is 2.71. The van der Waals surface area contributed by atoms with Crippen LogP contribution in [-0.2, 0) is 11.2 Å². The third-order valence-electron chi connectivity index (χ3n) is 4.36. The van der Waals surface area contributed by atoms with E-state index in [9.17, 15) is 13.6 Å². The second kappa shape index (κ2) is 5.40. The molecule has 1 fully saturated rings. The second-order valence-electron chi connectivity index (χ2n) is 6.04. The molecule has 0 spiro atoms. The number of carbonyl (C=O) groups excluding carboxylic acids is 1. The van der Waals surface area contributed by atoms with E-state index >= 15 is 0 Å². The van der Waals surface area contributed by atoms with Gasteiger partial charge in [-0.2, -0.15) is 13.8 Å². The summed E-state index contributed by atoms with van der Waals surface area (Å²) in [5.41, 5.74) is 2.76. The lowest BCUT2D eigenvalue weighted by molar-refractivity contribution is -0.132. The molecule has 2 aliphatic rings. The predicted molar refractivity (Wildman–Crippen MR) is 76.9 cm³/mol. The number of nitrogens with one attached hydrogen (secondary N) is 1. The molecule has 1 atom stereocenters. The summed E-state index contributed by atoms with van der Waals surface area (Å²) in [6.45, 7) is 0. The molecule has 5 nitrogen and oxygen atoms in total. The highest BCUT2D eigenvalue weighted by molar-refractivity contribution is 5.79. The molecular formula is C16H15F2N3O2. The first-order valence-electron chi connectivity index (χ1n) is 7.67. The van der Waals surface area contributed by atoms with Gasteiger partial charge in [-0.05, 0) is 42.9 Å². The fraction of sp³-hybridized carbons (Fsp3) is 0.438. The molecule has 1 unspecified atom stereocenters. The average Bonchev–Trinajstić information content (AvgIpc) is 3.14. The molecule has 0 radical (unpaired) electrons. The van der Waals surface area contributed by atoms with Crippen LogP contribution in [0.1, 0.15) is 48.2 Å². The first-order valence-corrected chi connectivity index (χ1v) is 7.67. The van der Waals surface area contributed by atoms with Crippen molar-refractivity contribution >= 4 is 5.91 Å². The fourth-order valence-corrected chi connectivity index (χ4v) is 2.99. The summed E-state index contributed by atoms with van der Waals surface area (Å²) in [6, 6.07) is 5.28. The first kappa shape index (κ1) is 14.3. The van der Waals surface area contributed by atoms with Gasteiger partial charge in [-0.3, -0.25) is 4.79 Å². The topological polar surface area (TPSA) is 68.0 Å². The minimum absolute atomic E-state index is 0.354. The number of aryl methyl sites for hydroxylation is 1. The van der Waals surface area contributed by atoms with Crippen LogP contribution < -0.4 is 5.32 Å². The first-order chi connectivity index (χ1) is 11.1. The Balaban J connectivity index is 1.55. The molecule has 1 aromatic carbocycles. The van der Waals surface area contributed by atoms with Gasteiger partial charge in [-0.25, -0.2) is 0 Å². The van der Waals surface area contributed by atoms with E-state index in [2.05, 4.69) is 15.5 Å². The minimum atomic E-state index is -2.99. The van der Waals surface area contributed by atoms with Gasteiger partial charge in [0.2, 0.25) is 11.7 Å². The van der Waals surface area contributed by atoms with Gasteiger partial charge in [0.15, 0.2) is 0 Å². The van der Waals surface area contributed by atoms with Gasteiger partial charge in [0.25, 0.3) is 5.91 Å². The van der Waals surface area contributed by atoms with Gasteiger partial charge >= 0.3 is 6.43 Å². The molecular weight excluding hydrogens is 304 g/mol. The molecule has 23 heavy (non-hydrogen) atoms. The number of benzene rings is 1. The summed E-state index contributed by atoms with van der Waals surface area (Å²) in [6.07, 6.45) is 0.550. The largest absolute Gasteiger partial charge is 0.344 e. The number of hydrogen-bond donors (Lipinski definition) is 1. The predicted octanol–water partition coefficient (Wildman–Crippen LogP) is 2.98. The van der Waals surface area contributed by atoms with Crippen molar-refractivity contribution in [2.24, 2.45) is 0 Å². The molecule has 2 aromatic rings. The van der Waals surface area contributed by atoms with Gasteiger partial charge in [0.1, 0.15) is 0 Å². The van der Waals surface area contributed by atoms with Crippen molar-refractivity contribution in [2.45, 2.75) is 44.1 Å². The molecule has 1 saturated carbocycles. The Bertz CT molecular complexity index is 756. The van der Waals surface area contributed by atoms with Gasteiger partial charge in [0.05, 0.1) is 6.04 Å². The van der Waals surface area contributed by atoms with Crippen molar-refractivity contribution in [3.05, 3.63) is 35.2 Å². The van der Waals surface area contributed by atoms with Crippen LogP contribution >= 0.6 is 0 Å². The van der Waals surface area contributed by atoms with Crippen molar-refractivity contribution < 1.29 is 18.1 Å². The number of hydrogen-bond acceptors (Lipinski definition) is 4. The van der Waals surface area contributed by atoms with Gasteiger partial charge in [0, 0.05) is 11.5 Å². The van der Waals surface area contributed by atoms with E-state index < -0.39 is 12.3 Å². The summed E-state index contributed by atoms with van der Waals surface area (Å²) in [7, 11) is 0. The number of carbonyl (C=O) groups is 1. The van der Waals surface area contributed by atoms with Crippen LogP contribution in [0.15, 0.2) is 22.7 Å². The number of fused-ring (bicyclic) bond motifs is 1. The Morgan fingerprint density at radius 3 is 2.87 bits per heavy atom. The maximum Gasteiger partial charge on any atom is 0.315 e. The van der Waals surface area contributed by atoms with Gasteiger partial charge < -0.3 is 9.84 Å². The molecule has 0 bridgehead atoms. The molecule has 1 amide bonds. The maximum absolute atomic E-state index is 12.4. The number of rotatable bonds is 4. The molecule has 0 aliphatic heterocycles. The molecule has 2 aliphatic carbocycles. The molecule has 120 valence electrons. The molecule has 1 heterocycles. The highest BCUT2D eigenvalue weighted by Gasteiger charge is 2.30. The lowest BCUT2D eigenvalue weighted by Crippen LogP contribution is -2.32. The van der Waals surface area contributed by atoms with Crippen LogP contribution in [0, 0.1) is 0 Å². The molecule has 1 N–H and O–H groups in total. The van der Waals surface area contributed by atoms with Crippen LogP contribution in [-0.4, -0.2) is 22.5 Å². The molecule has 1 aromatic heterocycles. The number of aromatic nitrogens is 2. The van der Waals surface area contributed by atoms with Crippen LogP contribution in [0.5, 0.6) is 0 Å². The fourth-order valence-electron chi connectivity index (χ4n) is 2.99. The number of alkyl halides is 2. The second-order valence-corrected chi connectivity index (χ2v) is 6.04. The van der Waals surface area contributed by atoms with Crippen molar-refractivity contribution in [3.63, 3.8) is 0 Å². The van der Waals surface area contributed by atoms with E-state index in [1.165, 1.54) is 0 Å². The van der Waals surface area contributed by atoms with Crippen LogP contribution in [0.2, 0.25) is 0 Å². The zero-order chi connectivity index (χ0) is 16.0. The molecule has 0 saturated heterocycles. The smallest absolute Gasteiger partial charge is 0.315 e. The lowest BCUT2D eigenvalue weighted by Gasteiger charge is -2.13. The summed E-state index contributed by atoms with van der Waals surface area (Å²) in [5.74, 6) is 0.413. The van der Waals surface area contributed by atoms with Gasteiger partial charge in [-0.1, -0.05) is 17.3 Å². The Kier molecular flexibility index (Phi) is 3.36. The number of amides is 1. The van der Waals surface area contributed by atoms with E-state index in [-0.39, 0.29) is 6.04 Å². The Morgan fingerprint density at radius 2 is 2.13 bits per heavy atom. The minimum Gasteiger partial charge on any atom is -0.344 e. The van der Waals surface area contributed by atoms with Crippen molar-refractivity contribution in [2.75, 3.05) is 0 Å². The lowest BCUT2D eigenvalue weighted by atomic mass is 10.0. The van der Waals surface area contributed by atoms with Crippen LogP contribution in [0.25, 0.3) is 11.4 Å². The molecule has 4 rings (SSSR count). The molecule has 7 heteroatoms. The monoisotopic (exact) mass is 319 g/mol. The summed E-state index contributed by atoms with van der Waals surface area (Å²) < 4.78 is 30.0. The van der Waals surface area contributed by atoms with Gasteiger partial charge in [-0.15, -0.1) is 0 Å². The maximum atomic E-state index is 12.4. The SMILES string of the molecule is O=C(NC1CCc2cc(-c3noc(C4CC4)n3)ccc21)C(F)F. The third-order valence-corrected chi connectivity index (χ3v) is 4.36. The quantitative estimate of drug-likeness (QED) is 0.940. The average molecular weight is 319 g/mol. The zero-order valence-electron chi connectivity index (χ0n) is 12.3. The summed E-state index contributed by atoms with van der Waals surface area (Å²) in [5, 5.41) is 6.39. The van der Waals surface area contributed by atoms with E-state index in [1.807, 2.05) is 18.2 Å². The summed E-state index contributed by atoms with van der Waals surface area (Å²) in [4.78, 5) is 15.6. The van der Waals surface area contributed by atoms with E-state index in [4.69, 9.17) is 4.52 Å². The van der Waals surface area contributed by atoms with Crippen LogP contribution in [0.4, 0.5) is 8.78 Å². The van der Waals surface area contributed by atoms with Crippen molar-refractivity contribution in [3.8, 4) is 11.4 Å². The van der Waals surface area contributed by atoms with Crippen LogP contribution in [0.3, 0.4) is 0 Å². The van der Waals surface area contributed by atoms with E-state index in [0.29, 0.717) is 24.1 Å². The van der Waals surface area contributed by atoms with Crippen molar-refractivity contribution in [1.29, 1.82) is 0 Å². The highest BCUT2D eigenvalue weighted by Crippen LogP contribution is 2.40. The normalized spacial score (nSPS) is 19.9. The highest BCUT2D eigenvalue weighted by atomic mass is 19.3. The number of nitrogens with zero attached hydrogens (tertiary/aromatic N) is 2. The number of halogens is 2. The Labute approximate surface area is 131 Å². The summed E-state index contributed by atoms with van der Waals surface area (Å²) >= 11 is 0. The van der Waals surface area contributed by atoms with E-state index in [1.54, 1.807) is 0 Å². The zero-order valence-corrected chi connectivity index (χ0v) is 12.3. The Hall–Kier alpha value is -2.31. The standard InChI is InChI=1S/C16H15F2N3O2/c17-13(18)15(22)19-12-6-4-9-7-10(3-5-11(9)12)14-20-16(23-21-14)8-1-2-8/h3,5,7-8,12-13H,1-2,4,6H2,(H,19,22). The van der Waals surface area contributed by atoms with Crippen molar-refractivity contribution in [1.82, 2.24) is 15.5 Å². The Morgan fingerprint density at radius 1 is 1.30 bits per heavy atom. The van der Waals surface area contributed by atoms with E-state index in [0.717, 1.165) is 36.0 Å².